The maximum absolute atomic E-state index is 10.5. The molecule has 2 heteroatoms. The summed E-state index contributed by atoms with van der Waals surface area (Å²) in [6.45, 7) is 1.77. The van der Waals surface area contributed by atoms with Gasteiger partial charge in [0.2, 0.25) is 0 Å². The Labute approximate surface area is 106 Å². The van der Waals surface area contributed by atoms with E-state index in [1.54, 1.807) is 13.0 Å². The van der Waals surface area contributed by atoms with E-state index < -0.39 is 5.97 Å². The van der Waals surface area contributed by atoms with Crippen LogP contribution in [0.5, 0.6) is 0 Å². The molecule has 0 aliphatic carbocycles. The van der Waals surface area contributed by atoms with Gasteiger partial charge in [0.15, 0.2) is 0 Å². The van der Waals surface area contributed by atoms with E-state index in [4.69, 9.17) is 5.11 Å². The number of hydrogen-bond donors (Lipinski definition) is 1. The predicted octanol–water partition coefficient (Wildman–Crippen LogP) is 3.88. The Hall–Kier alpha value is -2.35. The summed E-state index contributed by atoms with van der Waals surface area (Å²) in [5.41, 5.74) is 1.78. The van der Waals surface area contributed by atoms with Gasteiger partial charge in [-0.25, -0.2) is 4.79 Å². The lowest BCUT2D eigenvalue weighted by Crippen LogP contribution is -1.87. The summed E-state index contributed by atoms with van der Waals surface area (Å²) in [6, 6.07) is 14.3. The van der Waals surface area contributed by atoms with Crippen molar-refractivity contribution in [1.29, 1.82) is 0 Å². The zero-order valence-corrected chi connectivity index (χ0v) is 10.1. The zero-order valence-electron chi connectivity index (χ0n) is 10.1. The zero-order chi connectivity index (χ0) is 13.0. The molecule has 2 rings (SSSR count). The van der Waals surface area contributed by atoms with E-state index in [-0.39, 0.29) is 0 Å². The lowest BCUT2D eigenvalue weighted by molar-refractivity contribution is -0.131. The molecule has 2 nitrogen and oxygen atoms in total. The average Bonchev–Trinajstić information content (AvgIpc) is 2.35. The van der Waals surface area contributed by atoms with Gasteiger partial charge in [-0.1, -0.05) is 48.6 Å². The van der Waals surface area contributed by atoms with E-state index >= 15 is 0 Å². The molecule has 0 atom stereocenters. The summed E-state index contributed by atoms with van der Waals surface area (Å²) in [6.07, 6.45) is 4.91. The first-order valence-electron chi connectivity index (χ1n) is 5.73. The number of rotatable bonds is 3. The minimum Gasteiger partial charge on any atom is -0.478 e. The summed E-state index contributed by atoms with van der Waals surface area (Å²) in [7, 11) is 0. The van der Waals surface area contributed by atoms with E-state index in [0.29, 0.717) is 0 Å². The molecule has 0 saturated heterocycles. The number of hydrogen-bond acceptors (Lipinski definition) is 1. The van der Waals surface area contributed by atoms with Crippen LogP contribution in [0.3, 0.4) is 0 Å². The van der Waals surface area contributed by atoms with Crippen LogP contribution in [0.4, 0.5) is 0 Å². The molecule has 90 valence electrons. The van der Waals surface area contributed by atoms with Crippen molar-refractivity contribution in [3.63, 3.8) is 0 Å². The Morgan fingerprint density at radius 3 is 2.56 bits per heavy atom. The van der Waals surface area contributed by atoms with E-state index in [0.717, 1.165) is 11.1 Å². The van der Waals surface area contributed by atoms with Gasteiger partial charge >= 0.3 is 5.97 Å². The lowest BCUT2D eigenvalue weighted by Gasteiger charge is -1.99. The van der Waals surface area contributed by atoms with Gasteiger partial charge in [-0.3, -0.25) is 0 Å². The first kappa shape index (κ1) is 12.1. The molecular weight excluding hydrogens is 224 g/mol. The minimum absolute atomic E-state index is 0.718. The van der Waals surface area contributed by atoms with Gasteiger partial charge < -0.3 is 5.11 Å². The maximum atomic E-state index is 10.5. The van der Waals surface area contributed by atoms with Crippen LogP contribution in [0.15, 0.2) is 60.2 Å². The lowest BCUT2D eigenvalue weighted by atomic mass is 10.1. The Bertz CT molecular complexity index is 636. The highest BCUT2D eigenvalue weighted by Crippen LogP contribution is 2.16. The molecule has 0 spiro atoms. The molecule has 18 heavy (non-hydrogen) atoms. The van der Waals surface area contributed by atoms with Crippen molar-refractivity contribution in [3.05, 3.63) is 65.8 Å². The number of benzene rings is 2. The summed E-state index contributed by atoms with van der Waals surface area (Å²) < 4.78 is 0. The van der Waals surface area contributed by atoms with Crippen LogP contribution in [-0.2, 0) is 4.79 Å². The number of carbonyl (C=O) groups is 1. The monoisotopic (exact) mass is 238 g/mol. The van der Waals surface area contributed by atoms with E-state index in [1.165, 1.54) is 16.8 Å². The number of aliphatic carboxylic acids is 1. The maximum Gasteiger partial charge on any atom is 0.328 e. The van der Waals surface area contributed by atoms with Crippen LogP contribution in [-0.4, -0.2) is 11.1 Å². The minimum atomic E-state index is -0.921. The van der Waals surface area contributed by atoms with Gasteiger partial charge in [0.1, 0.15) is 0 Å². The fourth-order valence-electron chi connectivity index (χ4n) is 1.78. The third-order valence-corrected chi connectivity index (χ3v) is 2.66. The van der Waals surface area contributed by atoms with E-state index in [9.17, 15) is 4.79 Å². The van der Waals surface area contributed by atoms with E-state index in [1.807, 2.05) is 24.3 Å². The molecule has 2 aromatic rings. The average molecular weight is 238 g/mol. The first-order chi connectivity index (χ1) is 8.65. The predicted molar refractivity (Wildman–Crippen MR) is 74.4 cm³/mol. The fraction of sp³-hybridized carbons (Fsp3) is 0.0625. The molecule has 0 radical (unpaired) electrons. The van der Waals surface area contributed by atoms with Crippen molar-refractivity contribution in [3.8, 4) is 0 Å². The topological polar surface area (TPSA) is 37.3 Å². The van der Waals surface area contributed by atoms with Crippen LogP contribution < -0.4 is 0 Å². The van der Waals surface area contributed by atoms with Crippen LogP contribution >= 0.6 is 0 Å². The number of carboxylic acids is 1. The summed E-state index contributed by atoms with van der Waals surface area (Å²) in [4.78, 5) is 10.5. The van der Waals surface area contributed by atoms with Gasteiger partial charge in [0, 0.05) is 6.08 Å². The van der Waals surface area contributed by atoms with Crippen molar-refractivity contribution in [1.82, 2.24) is 0 Å². The molecule has 0 unspecified atom stereocenters. The van der Waals surface area contributed by atoms with Gasteiger partial charge in [0.05, 0.1) is 0 Å². The summed E-state index contributed by atoms with van der Waals surface area (Å²) in [5.74, 6) is -0.921. The second kappa shape index (κ2) is 5.32. The molecule has 0 saturated carbocycles. The third kappa shape index (κ3) is 3.08. The number of allylic oxidation sites excluding steroid dienone is 2. The third-order valence-electron chi connectivity index (χ3n) is 2.66. The molecule has 0 aliphatic rings. The molecule has 1 N–H and O–H groups in total. The highest BCUT2D eigenvalue weighted by molar-refractivity contribution is 5.85. The van der Waals surface area contributed by atoms with Crippen molar-refractivity contribution < 1.29 is 9.90 Å². The fourth-order valence-corrected chi connectivity index (χ4v) is 1.78. The molecule has 0 amide bonds. The van der Waals surface area contributed by atoms with Gasteiger partial charge in [-0.2, -0.15) is 0 Å². The molecule has 0 aromatic heterocycles. The quantitative estimate of drug-likeness (QED) is 0.650. The van der Waals surface area contributed by atoms with Gasteiger partial charge in [0.25, 0.3) is 0 Å². The van der Waals surface area contributed by atoms with Crippen LogP contribution in [0.1, 0.15) is 12.5 Å². The highest BCUT2D eigenvalue weighted by Gasteiger charge is 1.93. The molecule has 0 bridgehead atoms. The number of carboxylic acid groups (broad SMARTS) is 1. The molecule has 0 aliphatic heterocycles. The standard InChI is InChI=1S/C16H14O2/c1-12(10-16(17)18)6-7-13-8-9-14-4-2-3-5-15(14)11-13/h2-11H,1H3,(H,17,18). The second-order valence-electron chi connectivity index (χ2n) is 4.17. The molecule has 2 aromatic carbocycles. The normalized spacial score (nSPS) is 12.2. The molecule has 0 fully saturated rings. The van der Waals surface area contributed by atoms with Crippen molar-refractivity contribution in [2.75, 3.05) is 0 Å². The largest absolute Gasteiger partial charge is 0.478 e. The summed E-state index contributed by atoms with van der Waals surface area (Å²) >= 11 is 0. The van der Waals surface area contributed by atoms with Crippen LogP contribution in [0.25, 0.3) is 16.8 Å². The molecule has 0 heterocycles. The first-order valence-corrected chi connectivity index (χ1v) is 5.73. The van der Waals surface area contributed by atoms with Crippen LogP contribution in [0.2, 0.25) is 0 Å². The van der Waals surface area contributed by atoms with Crippen molar-refractivity contribution >= 4 is 22.8 Å². The van der Waals surface area contributed by atoms with Crippen molar-refractivity contribution in [2.45, 2.75) is 6.92 Å². The SMILES string of the molecule is CC(C=Cc1ccc2ccccc2c1)=CC(=O)O. The van der Waals surface area contributed by atoms with Gasteiger partial charge in [-0.15, -0.1) is 0 Å². The number of fused-ring (bicyclic) bond motifs is 1. The van der Waals surface area contributed by atoms with E-state index in [2.05, 4.69) is 24.3 Å². The Morgan fingerprint density at radius 1 is 1.11 bits per heavy atom. The van der Waals surface area contributed by atoms with Gasteiger partial charge in [-0.05, 0) is 34.9 Å². The Balaban J connectivity index is 2.27. The second-order valence-corrected chi connectivity index (χ2v) is 4.17. The Morgan fingerprint density at radius 2 is 1.83 bits per heavy atom. The highest BCUT2D eigenvalue weighted by atomic mass is 16.4. The van der Waals surface area contributed by atoms with Crippen LogP contribution in [0, 0.1) is 0 Å². The summed E-state index contributed by atoms with van der Waals surface area (Å²) in [5, 5.41) is 11.0. The van der Waals surface area contributed by atoms with Crippen molar-refractivity contribution in [2.24, 2.45) is 0 Å². The Kier molecular flexibility index (Phi) is 3.58. The molecular formula is C16H14O2. The smallest absolute Gasteiger partial charge is 0.328 e.